The van der Waals surface area contributed by atoms with Crippen LogP contribution in [0.3, 0.4) is 0 Å². The van der Waals surface area contributed by atoms with Crippen LogP contribution >= 0.6 is 11.6 Å². The smallest absolute Gasteiger partial charge is 0.335 e. The summed E-state index contributed by atoms with van der Waals surface area (Å²) in [5.74, 6) is -1.20. The lowest BCUT2D eigenvalue weighted by Gasteiger charge is -2.23. The van der Waals surface area contributed by atoms with E-state index in [1.54, 1.807) is 0 Å². The summed E-state index contributed by atoms with van der Waals surface area (Å²) in [6.45, 7) is 2.02. The molecule has 1 aromatic heterocycles. The summed E-state index contributed by atoms with van der Waals surface area (Å²) in [5, 5.41) is 10.7. The molecule has 0 saturated carbocycles. The van der Waals surface area contributed by atoms with Gasteiger partial charge in [-0.1, -0.05) is 78.3 Å². The van der Waals surface area contributed by atoms with Gasteiger partial charge < -0.3 is 9.67 Å². The second-order valence-corrected chi connectivity index (χ2v) is 11.8. The van der Waals surface area contributed by atoms with Crippen LogP contribution in [0.4, 0.5) is 0 Å². The Balaban J connectivity index is 1.60. The number of sulfone groups is 1. The number of halogens is 1. The van der Waals surface area contributed by atoms with Crippen molar-refractivity contribution < 1.29 is 18.3 Å². The molecule has 0 atom stereocenters. The number of aromatic nitrogens is 1. The molecule has 1 heterocycles. The average molecular weight is 544 g/mol. The second-order valence-electron chi connectivity index (χ2n) is 9.22. The van der Waals surface area contributed by atoms with Gasteiger partial charge in [0, 0.05) is 16.1 Å². The first-order valence-corrected chi connectivity index (χ1v) is 14.2. The van der Waals surface area contributed by atoms with E-state index in [-0.39, 0.29) is 22.3 Å². The predicted octanol–water partition coefficient (Wildman–Crippen LogP) is 6.96. The lowest BCUT2D eigenvalue weighted by Crippen LogP contribution is -2.14. The van der Waals surface area contributed by atoms with E-state index >= 15 is 0 Å². The van der Waals surface area contributed by atoms with E-state index < -0.39 is 15.8 Å². The van der Waals surface area contributed by atoms with Crippen LogP contribution in [0.5, 0.6) is 0 Å². The lowest BCUT2D eigenvalue weighted by atomic mass is 9.98. The summed E-state index contributed by atoms with van der Waals surface area (Å²) in [5.41, 5.74) is 5.11. The molecule has 38 heavy (non-hydrogen) atoms. The Morgan fingerprint density at radius 3 is 2.00 bits per heavy atom. The fourth-order valence-electron chi connectivity index (χ4n) is 5.05. The summed E-state index contributed by atoms with van der Waals surface area (Å²) in [6.07, 6.45) is 0.302. The molecule has 0 aliphatic heterocycles. The molecule has 0 aliphatic rings. The zero-order chi connectivity index (χ0) is 26.9. The third-order valence-electron chi connectivity index (χ3n) is 6.91. The maximum absolute atomic E-state index is 13.2. The molecule has 7 heteroatoms. The fourth-order valence-corrected chi connectivity index (χ4v) is 6.47. The van der Waals surface area contributed by atoms with E-state index in [2.05, 4.69) is 28.8 Å². The summed E-state index contributed by atoms with van der Waals surface area (Å²) in [7, 11) is -3.64. The van der Waals surface area contributed by atoms with Crippen LogP contribution in [0.2, 0.25) is 5.02 Å². The first-order valence-electron chi connectivity index (χ1n) is 12.2. The van der Waals surface area contributed by atoms with E-state index in [1.807, 2.05) is 61.5 Å². The number of carbonyl (C=O) groups is 1. The van der Waals surface area contributed by atoms with Gasteiger partial charge in [0.15, 0.2) is 9.84 Å². The Bertz CT molecular complexity index is 1670. The minimum atomic E-state index is -3.64. The van der Waals surface area contributed by atoms with Crippen molar-refractivity contribution in [1.29, 1.82) is 0 Å². The number of carboxylic acids is 1. The van der Waals surface area contributed by atoms with Gasteiger partial charge in [0.2, 0.25) is 0 Å². The number of hydrogen-bond acceptors (Lipinski definition) is 3. The highest BCUT2D eigenvalue weighted by Gasteiger charge is 2.25. The minimum Gasteiger partial charge on any atom is -0.478 e. The predicted molar refractivity (Wildman–Crippen MR) is 151 cm³/mol. The molecule has 0 spiro atoms. The van der Waals surface area contributed by atoms with Crippen LogP contribution in [-0.2, 0) is 16.3 Å². The third kappa shape index (κ3) is 4.97. The van der Waals surface area contributed by atoms with E-state index in [0.717, 1.165) is 33.3 Å². The van der Waals surface area contributed by atoms with Crippen molar-refractivity contribution in [3.63, 3.8) is 0 Å². The fraction of sp³-hybridized carbons (Fsp3) is 0.129. The number of carboxylic acid groups (broad SMARTS) is 1. The molecule has 0 fully saturated rings. The Kier molecular flexibility index (Phi) is 7.11. The molecule has 1 N–H and O–H groups in total. The zero-order valence-corrected chi connectivity index (χ0v) is 22.3. The molecule has 0 aliphatic carbocycles. The maximum atomic E-state index is 13.2. The van der Waals surface area contributed by atoms with E-state index in [1.165, 1.54) is 24.3 Å². The third-order valence-corrected chi connectivity index (χ3v) is 8.88. The van der Waals surface area contributed by atoms with Gasteiger partial charge in [-0.25, -0.2) is 13.2 Å². The SMILES string of the molecule is Cc1c(CCS(=O)(=O)c2ccc(C(=O)O)cc2)c2ccc(Cl)cc2n1C(c1ccccc1)c1ccccc1. The van der Waals surface area contributed by atoms with Crippen molar-refractivity contribution in [3.8, 4) is 0 Å². The molecular formula is C31H26ClNO4S. The molecule has 0 radical (unpaired) electrons. The number of aryl methyl sites for hydroxylation is 1. The Morgan fingerprint density at radius 1 is 0.868 bits per heavy atom. The van der Waals surface area contributed by atoms with Gasteiger partial charge in [0.1, 0.15) is 0 Å². The molecule has 0 bridgehead atoms. The van der Waals surface area contributed by atoms with Crippen LogP contribution in [0.15, 0.2) is 108 Å². The highest BCUT2D eigenvalue weighted by atomic mass is 35.5. The zero-order valence-electron chi connectivity index (χ0n) is 20.7. The topological polar surface area (TPSA) is 76.4 Å². The Hall–Kier alpha value is -3.87. The van der Waals surface area contributed by atoms with Gasteiger partial charge in [-0.15, -0.1) is 0 Å². The normalized spacial score (nSPS) is 11.8. The number of benzene rings is 4. The van der Waals surface area contributed by atoms with Crippen molar-refractivity contribution in [1.82, 2.24) is 4.57 Å². The number of rotatable bonds is 8. The molecule has 0 amide bonds. The van der Waals surface area contributed by atoms with E-state index in [4.69, 9.17) is 16.7 Å². The largest absolute Gasteiger partial charge is 0.478 e. The number of hydrogen-bond donors (Lipinski definition) is 1. The summed E-state index contributed by atoms with van der Waals surface area (Å²) < 4.78 is 28.6. The molecule has 4 aromatic carbocycles. The Labute approximate surface area is 226 Å². The molecule has 5 nitrogen and oxygen atoms in total. The van der Waals surface area contributed by atoms with Crippen LogP contribution < -0.4 is 0 Å². The summed E-state index contributed by atoms with van der Waals surface area (Å²) in [4.78, 5) is 11.3. The number of fused-ring (bicyclic) bond motifs is 1. The van der Waals surface area contributed by atoms with Crippen molar-refractivity contribution in [2.45, 2.75) is 24.3 Å². The van der Waals surface area contributed by atoms with Gasteiger partial charge in [0.05, 0.1) is 27.8 Å². The van der Waals surface area contributed by atoms with Crippen LogP contribution in [0, 0.1) is 6.92 Å². The number of nitrogens with zero attached hydrogens (tertiary/aromatic N) is 1. The van der Waals surface area contributed by atoms with Crippen LogP contribution in [0.1, 0.15) is 38.8 Å². The second kappa shape index (κ2) is 10.5. The summed E-state index contributed by atoms with van der Waals surface area (Å²) >= 11 is 6.46. The standard InChI is InChI=1S/C31H26ClNO4S/c1-21-27(18-19-38(36,37)26-15-12-24(13-16-26)31(34)35)28-17-14-25(32)20-29(28)33(21)30(22-8-4-2-5-9-22)23-10-6-3-7-11-23/h2-17,20,30H,18-19H2,1H3,(H,34,35). The van der Waals surface area contributed by atoms with Crippen molar-refractivity contribution in [2.75, 3.05) is 5.75 Å². The summed E-state index contributed by atoms with van der Waals surface area (Å²) in [6, 6.07) is 31.4. The van der Waals surface area contributed by atoms with Crippen molar-refractivity contribution in [3.05, 3.63) is 136 Å². The van der Waals surface area contributed by atoms with Gasteiger partial charge in [-0.2, -0.15) is 0 Å². The molecule has 0 unspecified atom stereocenters. The van der Waals surface area contributed by atoms with Gasteiger partial charge in [0.25, 0.3) is 0 Å². The van der Waals surface area contributed by atoms with Crippen LogP contribution in [0.25, 0.3) is 10.9 Å². The maximum Gasteiger partial charge on any atom is 0.335 e. The van der Waals surface area contributed by atoms with E-state index in [0.29, 0.717) is 11.4 Å². The molecular weight excluding hydrogens is 518 g/mol. The van der Waals surface area contributed by atoms with Crippen LogP contribution in [-0.4, -0.2) is 29.8 Å². The van der Waals surface area contributed by atoms with Crippen molar-refractivity contribution in [2.24, 2.45) is 0 Å². The Morgan fingerprint density at radius 2 is 1.45 bits per heavy atom. The number of aromatic carboxylic acids is 1. The monoisotopic (exact) mass is 543 g/mol. The quantitative estimate of drug-likeness (QED) is 0.229. The van der Waals surface area contributed by atoms with Crippen molar-refractivity contribution >= 4 is 38.3 Å². The van der Waals surface area contributed by atoms with Gasteiger partial charge >= 0.3 is 5.97 Å². The van der Waals surface area contributed by atoms with E-state index in [9.17, 15) is 13.2 Å². The first kappa shape index (κ1) is 25.8. The molecule has 5 aromatic rings. The average Bonchev–Trinajstić information content (AvgIpc) is 3.19. The molecule has 192 valence electrons. The van der Waals surface area contributed by atoms with Gasteiger partial charge in [-0.05, 0) is 66.4 Å². The highest BCUT2D eigenvalue weighted by Crippen LogP contribution is 2.37. The van der Waals surface area contributed by atoms with Gasteiger partial charge in [-0.3, -0.25) is 0 Å². The highest BCUT2D eigenvalue weighted by molar-refractivity contribution is 7.91. The molecule has 5 rings (SSSR count). The minimum absolute atomic E-state index is 0.0487. The molecule has 0 saturated heterocycles. The lowest BCUT2D eigenvalue weighted by molar-refractivity contribution is 0.0696. The first-order chi connectivity index (χ1) is 18.3.